The lowest BCUT2D eigenvalue weighted by molar-refractivity contribution is 0.451. The number of nitriles is 1. The third kappa shape index (κ3) is 2.08. The maximum Gasteiger partial charge on any atom is 0.328 e. The van der Waals surface area contributed by atoms with Gasteiger partial charge in [0, 0.05) is 6.20 Å². The third-order valence-electron chi connectivity index (χ3n) is 2.51. The first kappa shape index (κ1) is 11.9. The number of rotatable bonds is 2. The zero-order valence-corrected chi connectivity index (χ0v) is 9.85. The monoisotopic (exact) mass is 246 g/mol. The lowest BCUT2D eigenvalue weighted by Gasteiger charge is -2.01. The molecule has 0 radical (unpaired) electrons. The molecule has 2 aromatic rings. The number of aromatic amines is 1. The molecule has 0 spiro atoms. The number of hydrogen-bond donors (Lipinski definition) is 1. The standard InChI is InChI=1S/C11H10N4O3/c1-6-7(2)18-9(13-6)5-15-4-8(3-12)10(16)14-11(15)17/h4H,5H2,1-2H3,(H,14,16,17). The van der Waals surface area contributed by atoms with E-state index in [1.807, 2.05) is 0 Å². The number of hydrogen-bond acceptors (Lipinski definition) is 5. The first-order valence-corrected chi connectivity index (χ1v) is 5.18. The van der Waals surface area contributed by atoms with E-state index in [-0.39, 0.29) is 12.1 Å². The topological polar surface area (TPSA) is 105 Å². The van der Waals surface area contributed by atoms with Crippen LogP contribution >= 0.6 is 0 Å². The van der Waals surface area contributed by atoms with Gasteiger partial charge in [0.2, 0.25) is 5.89 Å². The van der Waals surface area contributed by atoms with Crippen LogP contribution in [0.25, 0.3) is 0 Å². The molecular formula is C11H10N4O3. The van der Waals surface area contributed by atoms with Crippen LogP contribution in [0.3, 0.4) is 0 Å². The van der Waals surface area contributed by atoms with Crippen molar-refractivity contribution in [2.45, 2.75) is 20.4 Å². The molecule has 0 aliphatic heterocycles. The van der Waals surface area contributed by atoms with Crippen molar-refractivity contribution in [2.24, 2.45) is 0 Å². The van der Waals surface area contributed by atoms with Gasteiger partial charge < -0.3 is 4.42 Å². The van der Waals surface area contributed by atoms with Gasteiger partial charge in [0.25, 0.3) is 5.56 Å². The first-order valence-electron chi connectivity index (χ1n) is 5.18. The van der Waals surface area contributed by atoms with Crippen LogP contribution in [0, 0.1) is 25.2 Å². The number of nitrogens with one attached hydrogen (secondary N) is 1. The highest BCUT2D eigenvalue weighted by Crippen LogP contribution is 2.08. The minimum absolute atomic E-state index is 0.0684. The fourth-order valence-corrected chi connectivity index (χ4v) is 1.46. The highest BCUT2D eigenvalue weighted by Gasteiger charge is 2.09. The molecule has 0 unspecified atom stereocenters. The van der Waals surface area contributed by atoms with Gasteiger partial charge in [-0.25, -0.2) is 9.78 Å². The van der Waals surface area contributed by atoms with E-state index in [1.165, 1.54) is 10.8 Å². The summed E-state index contributed by atoms with van der Waals surface area (Å²) < 4.78 is 6.50. The smallest absolute Gasteiger partial charge is 0.328 e. The molecule has 0 atom stereocenters. The predicted octanol–water partition coefficient (Wildman–Crippen LogP) is 0.0614. The van der Waals surface area contributed by atoms with Gasteiger partial charge in [-0.15, -0.1) is 0 Å². The van der Waals surface area contributed by atoms with E-state index in [1.54, 1.807) is 19.9 Å². The molecule has 0 aliphatic carbocycles. The van der Waals surface area contributed by atoms with Crippen molar-refractivity contribution in [2.75, 3.05) is 0 Å². The van der Waals surface area contributed by atoms with E-state index in [0.29, 0.717) is 11.7 Å². The Kier molecular flexibility index (Phi) is 2.85. The summed E-state index contributed by atoms with van der Waals surface area (Å²) in [4.78, 5) is 28.9. The van der Waals surface area contributed by atoms with Crippen LogP contribution in [-0.2, 0) is 6.54 Å². The molecule has 2 rings (SSSR count). The summed E-state index contributed by atoms with van der Waals surface area (Å²) in [6, 6.07) is 1.71. The highest BCUT2D eigenvalue weighted by atomic mass is 16.4. The number of aryl methyl sites for hydroxylation is 2. The second-order valence-corrected chi connectivity index (χ2v) is 3.79. The van der Waals surface area contributed by atoms with Crippen LogP contribution < -0.4 is 11.2 Å². The van der Waals surface area contributed by atoms with Crippen molar-refractivity contribution in [3.63, 3.8) is 0 Å². The van der Waals surface area contributed by atoms with Crippen LogP contribution in [0.5, 0.6) is 0 Å². The second-order valence-electron chi connectivity index (χ2n) is 3.79. The Labute approximate surface area is 101 Å². The van der Waals surface area contributed by atoms with Gasteiger partial charge in [-0.1, -0.05) is 0 Å². The van der Waals surface area contributed by atoms with E-state index in [4.69, 9.17) is 9.68 Å². The SMILES string of the molecule is Cc1nc(Cn2cc(C#N)c(=O)[nH]c2=O)oc1C. The molecule has 2 aromatic heterocycles. The van der Waals surface area contributed by atoms with Crippen LogP contribution in [-0.4, -0.2) is 14.5 Å². The average Bonchev–Trinajstić information content (AvgIpc) is 2.62. The van der Waals surface area contributed by atoms with Crippen molar-refractivity contribution in [3.05, 3.63) is 49.9 Å². The molecule has 0 amide bonds. The fraction of sp³-hybridized carbons (Fsp3) is 0.273. The normalized spacial score (nSPS) is 10.3. The Morgan fingerprint density at radius 2 is 2.22 bits per heavy atom. The molecule has 0 aromatic carbocycles. The minimum atomic E-state index is -0.696. The molecule has 18 heavy (non-hydrogen) atoms. The Morgan fingerprint density at radius 1 is 1.50 bits per heavy atom. The summed E-state index contributed by atoms with van der Waals surface area (Å²) >= 11 is 0. The number of nitrogens with zero attached hydrogens (tertiary/aromatic N) is 3. The predicted molar refractivity (Wildman–Crippen MR) is 61.1 cm³/mol. The maximum absolute atomic E-state index is 11.5. The number of H-pyrrole nitrogens is 1. The second kappa shape index (κ2) is 4.33. The summed E-state index contributed by atoms with van der Waals surface area (Å²) in [5.41, 5.74) is -0.691. The van der Waals surface area contributed by atoms with Gasteiger partial charge in [0.1, 0.15) is 23.9 Å². The van der Waals surface area contributed by atoms with Crippen molar-refractivity contribution < 1.29 is 4.42 Å². The van der Waals surface area contributed by atoms with Gasteiger partial charge in [0.05, 0.1) is 5.69 Å². The molecule has 7 heteroatoms. The van der Waals surface area contributed by atoms with Crippen LogP contribution in [0.4, 0.5) is 0 Å². The molecule has 0 saturated carbocycles. The van der Waals surface area contributed by atoms with Gasteiger partial charge in [0.15, 0.2) is 0 Å². The summed E-state index contributed by atoms with van der Waals surface area (Å²) in [5, 5.41) is 8.72. The molecule has 0 saturated heterocycles. The quantitative estimate of drug-likeness (QED) is 0.806. The van der Waals surface area contributed by atoms with E-state index in [2.05, 4.69) is 9.97 Å². The van der Waals surface area contributed by atoms with E-state index in [0.717, 1.165) is 5.69 Å². The van der Waals surface area contributed by atoms with Crippen LogP contribution in [0.2, 0.25) is 0 Å². The lowest BCUT2D eigenvalue weighted by Crippen LogP contribution is -2.31. The summed E-state index contributed by atoms with van der Waals surface area (Å²) in [7, 11) is 0. The molecule has 7 nitrogen and oxygen atoms in total. The van der Waals surface area contributed by atoms with Gasteiger partial charge in [-0.2, -0.15) is 5.26 Å². The molecular weight excluding hydrogens is 236 g/mol. The van der Waals surface area contributed by atoms with Crippen LogP contribution in [0.15, 0.2) is 20.2 Å². The fourth-order valence-electron chi connectivity index (χ4n) is 1.46. The van der Waals surface area contributed by atoms with Crippen molar-refractivity contribution in [1.29, 1.82) is 5.26 Å². The van der Waals surface area contributed by atoms with Crippen molar-refractivity contribution in [1.82, 2.24) is 14.5 Å². The van der Waals surface area contributed by atoms with Gasteiger partial charge >= 0.3 is 5.69 Å². The molecule has 1 N–H and O–H groups in total. The zero-order valence-electron chi connectivity index (χ0n) is 9.85. The lowest BCUT2D eigenvalue weighted by atomic mass is 10.4. The number of aromatic nitrogens is 3. The molecule has 92 valence electrons. The zero-order chi connectivity index (χ0) is 13.3. The molecule has 0 fully saturated rings. The Morgan fingerprint density at radius 3 is 2.78 bits per heavy atom. The highest BCUT2D eigenvalue weighted by molar-refractivity contribution is 5.21. The average molecular weight is 246 g/mol. The van der Waals surface area contributed by atoms with Crippen molar-refractivity contribution >= 4 is 0 Å². The first-order chi connectivity index (χ1) is 8.51. The molecule has 0 bridgehead atoms. The van der Waals surface area contributed by atoms with E-state index < -0.39 is 11.2 Å². The Bertz CT molecular complexity index is 725. The number of oxazole rings is 1. The Hall–Kier alpha value is -2.62. The van der Waals surface area contributed by atoms with E-state index in [9.17, 15) is 9.59 Å². The van der Waals surface area contributed by atoms with E-state index >= 15 is 0 Å². The summed E-state index contributed by atoms with van der Waals surface area (Å²) in [5.74, 6) is 1.02. The van der Waals surface area contributed by atoms with Crippen LogP contribution in [0.1, 0.15) is 22.9 Å². The largest absolute Gasteiger partial charge is 0.444 e. The molecule has 2 heterocycles. The molecule has 0 aliphatic rings. The summed E-state index contributed by atoms with van der Waals surface area (Å²) in [6.45, 7) is 3.62. The minimum Gasteiger partial charge on any atom is -0.444 e. The van der Waals surface area contributed by atoms with Crippen molar-refractivity contribution in [3.8, 4) is 6.07 Å². The summed E-state index contributed by atoms with van der Waals surface area (Å²) in [6.07, 6.45) is 1.19. The third-order valence-corrected chi connectivity index (χ3v) is 2.51. The maximum atomic E-state index is 11.5. The van der Waals surface area contributed by atoms with Gasteiger partial charge in [-0.3, -0.25) is 14.3 Å². The van der Waals surface area contributed by atoms with Gasteiger partial charge in [-0.05, 0) is 13.8 Å². The Balaban J connectivity index is 2.44.